The third kappa shape index (κ3) is 4.57. The average molecular weight is 240 g/mol. The highest BCUT2D eigenvalue weighted by molar-refractivity contribution is 4.74. The molecule has 1 aliphatic carbocycles. The third-order valence-corrected chi connectivity index (χ3v) is 4.46. The van der Waals surface area contributed by atoms with Crippen molar-refractivity contribution in [1.82, 2.24) is 9.80 Å². The first-order chi connectivity index (χ1) is 8.38. The van der Waals surface area contributed by atoms with Crippen LogP contribution < -0.4 is 0 Å². The lowest BCUT2D eigenvalue weighted by Crippen LogP contribution is -2.47. The highest BCUT2D eigenvalue weighted by Gasteiger charge is 2.18. The van der Waals surface area contributed by atoms with Gasteiger partial charge in [-0.2, -0.15) is 0 Å². The molecule has 2 fully saturated rings. The maximum atomic E-state index is 8.90. The van der Waals surface area contributed by atoms with Crippen LogP contribution in [0, 0.1) is 5.92 Å². The van der Waals surface area contributed by atoms with Crippen molar-refractivity contribution in [1.29, 1.82) is 0 Å². The highest BCUT2D eigenvalue weighted by Crippen LogP contribution is 2.26. The van der Waals surface area contributed by atoms with Crippen LogP contribution in [0.25, 0.3) is 0 Å². The Labute approximate surface area is 106 Å². The minimum absolute atomic E-state index is 0.308. The van der Waals surface area contributed by atoms with Crippen molar-refractivity contribution in [2.75, 3.05) is 45.9 Å². The largest absolute Gasteiger partial charge is 0.395 e. The molecule has 1 aliphatic heterocycles. The number of hydrogen-bond donors (Lipinski definition) is 1. The molecule has 0 aromatic heterocycles. The molecule has 2 rings (SSSR count). The molecule has 1 N–H and O–H groups in total. The molecule has 2 aliphatic rings. The predicted molar refractivity (Wildman–Crippen MR) is 71.2 cm³/mol. The molecule has 0 aromatic carbocycles. The number of piperazine rings is 1. The summed E-state index contributed by atoms with van der Waals surface area (Å²) in [7, 11) is 0. The molecule has 0 atom stereocenters. The molecule has 1 heterocycles. The average Bonchev–Trinajstić information content (AvgIpc) is 2.40. The molecule has 0 radical (unpaired) electrons. The van der Waals surface area contributed by atoms with Crippen LogP contribution in [0.3, 0.4) is 0 Å². The number of nitrogens with zero attached hydrogens (tertiary/aromatic N) is 2. The monoisotopic (exact) mass is 240 g/mol. The lowest BCUT2D eigenvalue weighted by molar-refractivity contribution is 0.106. The standard InChI is InChI=1S/C14H28N2O/c17-13-12-16-10-8-15(9-11-16)7-6-14-4-2-1-3-5-14/h14,17H,1-13H2. The molecule has 3 nitrogen and oxygen atoms in total. The zero-order valence-electron chi connectivity index (χ0n) is 11.1. The van der Waals surface area contributed by atoms with Gasteiger partial charge in [-0.3, -0.25) is 4.90 Å². The van der Waals surface area contributed by atoms with Gasteiger partial charge >= 0.3 is 0 Å². The van der Waals surface area contributed by atoms with E-state index in [1.54, 1.807) is 0 Å². The molecule has 17 heavy (non-hydrogen) atoms. The minimum Gasteiger partial charge on any atom is -0.395 e. The maximum Gasteiger partial charge on any atom is 0.0558 e. The molecular formula is C14H28N2O. The molecule has 0 bridgehead atoms. The SMILES string of the molecule is OCCN1CCN(CCC2CCCCC2)CC1. The molecule has 0 aromatic rings. The number of aliphatic hydroxyl groups excluding tert-OH is 1. The second kappa shape index (κ2) is 7.34. The second-order valence-electron chi connectivity index (χ2n) is 5.70. The molecule has 1 saturated carbocycles. The number of hydrogen-bond acceptors (Lipinski definition) is 3. The van der Waals surface area contributed by atoms with Gasteiger partial charge in [-0.25, -0.2) is 0 Å². The van der Waals surface area contributed by atoms with Gasteiger partial charge in [0.05, 0.1) is 6.61 Å². The summed E-state index contributed by atoms with van der Waals surface area (Å²) in [5.74, 6) is 1.01. The van der Waals surface area contributed by atoms with E-state index in [2.05, 4.69) is 9.80 Å². The van der Waals surface area contributed by atoms with Crippen molar-refractivity contribution in [2.24, 2.45) is 5.92 Å². The van der Waals surface area contributed by atoms with Gasteiger partial charge in [0.2, 0.25) is 0 Å². The Bertz CT molecular complexity index is 196. The summed E-state index contributed by atoms with van der Waals surface area (Å²) in [6.07, 6.45) is 8.77. The first-order valence-electron chi connectivity index (χ1n) is 7.44. The molecule has 100 valence electrons. The van der Waals surface area contributed by atoms with Crippen LogP contribution in [-0.2, 0) is 0 Å². The van der Waals surface area contributed by atoms with Gasteiger partial charge in [0, 0.05) is 32.7 Å². The lowest BCUT2D eigenvalue weighted by atomic mass is 9.87. The first-order valence-corrected chi connectivity index (χ1v) is 7.44. The lowest BCUT2D eigenvalue weighted by Gasteiger charge is -2.35. The number of β-amino-alcohol motifs (C(OH)–C–C–N with tert-alkyl or cyclic N) is 1. The smallest absolute Gasteiger partial charge is 0.0558 e. The van der Waals surface area contributed by atoms with Crippen molar-refractivity contribution in [3.63, 3.8) is 0 Å². The van der Waals surface area contributed by atoms with Gasteiger partial charge < -0.3 is 10.0 Å². The molecule has 0 amide bonds. The van der Waals surface area contributed by atoms with Crippen LogP contribution in [0.4, 0.5) is 0 Å². The summed E-state index contributed by atoms with van der Waals surface area (Å²) in [6, 6.07) is 0. The summed E-state index contributed by atoms with van der Waals surface area (Å²) in [5.41, 5.74) is 0. The Balaban J connectivity index is 1.57. The summed E-state index contributed by atoms with van der Waals surface area (Å²) in [6.45, 7) is 7.16. The van der Waals surface area contributed by atoms with Crippen molar-refractivity contribution in [3.05, 3.63) is 0 Å². The fourth-order valence-corrected chi connectivity index (χ4v) is 3.22. The van der Waals surface area contributed by atoms with Crippen LogP contribution in [0.15, 0.2) is 0 Å². The quantitative estimate of drug-likeness (QED) is 0.790. The van der Waals surface area contributed by atoms with E-state index < -0.39 is 0 Å². The summed E-state index contributed by atoms with van der Waals surface area (Å²) < 4.78 is 0. The van der Waals surface area contributed by atoms with E-state index in [0.29, 0.717) is 6.61 Å². The van der Waals surface area contributed by atoms with E-state index >= 15 is 0 Å². The topological polar surface area (TPSA) is 26.7 Å². The molecule has 0 unspecified atom stereocenters. The highest BCUT2D eigenvalue weighted by atomic mass is 16.3. The van der Waals surface area contributed by atoms with Crippen molar-refractivity contribution in [2.45, 2.75) is 38.5 Å². The van der Waals surface area contributed by atoms with E-state index in [1.807, 2.05) is 0 Å². The molecular weight excluding hydrogens is 212 g/mol. The maximum absolute atomic E-state index is 8.90. The fourth-order valence-electron chi connectivity index (χ4n) is 3.22. The Hall–Kier alpha value is -0.120. The van der Waals surface area contributed by atoms with Crippen molar-refractivity contribution >= 4 is 0 Å². The van der Waals surface area contributed by atoms with Crippen LogP contribution in [0.2, 0.25) is 0 Å². The van der Waals surface area contributed by atoms with Gasteiger partial charge in [0.25, 0.3) is 0 Å². The summed E-state index contributed by atoms with van der Waals surface area (Å²) >= 11 is 0. The van der Waals surface area contributed by atoms with Gasteiger partial charge in [0.15, 0.2) is 0 Å². The van der Waals surface area contributed by atoms with Crippen LogP contribution in [-0.4, -0.2) is 60.8 Å². The normalized spacial score (nSPS) is 25.2. The fraction of sp³-hybridized carbons (Fsp3) is 1.00. The Morgan fingerprint density at radius 1 is 0.824 bits per heavy atom. The van der Waals surface area contributed by atoms with E-state index in [0.717, 1.165) is 25.6 Å². The Morgan fingerprint density at radius 2 is 1.41 bits per heavy atom. The van der Waals surface area contributed by atoms with Gasteiger partial charge in [-0.1, -0.05) is 32.1 Å². The van der Waals surface area contributed by atoms with Crippen LogP contribution >= 0.6 is 0 Å². The number of aliphatic hydroxyl groups is 1. The Kier molecular flexibility index (Phi) is 5.75. The van der Waals surface area contributed by atoms with Gasteiger partial charge in [-0.15, -0.1) is 0 Å². The van der Waals surface area contributed by atoms with E-state index in [9.17, 15) is 0 Å². The first kappa shape index (κ1) is 13.3. The third-order valence-electron chi connectivity index (χ3n) is 4.46. The van der Waals surface area contributed by atoms with E-state index in [-0.39, 0.29) is 0 Å². The zero-order chi connectivity index (χ0) is 11.9. The summed E-state index contributed by atoms with van der Waals surface area (Å²) in [5, 5.41) is 8.90. The van der Waals surface area contributed by atoms with Gasteiger partial charge in [-0.05, 0) is 18.9 Å². The van der Waals surface area contributed by atoms with Crippen LogP contribution in [0.5, 0.6) is 0 Å². The molecule has 3 heteroatoms. The predicted octanol–water partition coefficient (Wildman–Crippen LogP) is 1.57. The Morgan fingerprint density at radius 3 is 2.00 bits per heavy atom. The number of rotatable bonds is 5. The summed E-state index contributed by atoms with van der Waals surface area (Å²) in [4.78, 5) is 4.99. The van der Waals surface area contributed by atoms with Crippen molar-refractivity contribution < 1.29 is 5.11 Å². The molecule has 1 saturated heterocycles. The van der Waals surface area contributed by atoms with Crippen molar-refractivity contribution in [3.8, 4) is 0 Å². The minimum atomic E-state index is 0.308. The molecule has 0 spiro atoms. The second-order valence-corrected chi connectivity index (χ2v) is 5.70. The van der Waals surface area contributed by atoms with E-state index in [1.165, 1.54) is 58.2 Å². The van der Waals surface area contributed by atoms with Crippen LogP contribution in [0.1, 0.15) is 38.5 Å². The zero-order valence-corrected chi connectivity index (χ0v) is 11.1. The van der Waals surface area contributed by atoms with E-state index in [4.69, 9.17) is 5.11 Å². The van der Waals surface area contributed by atoms with Gasteiger partial charge in [0.1, 0.15) is 0 Å².